The number of nitrogens with one attached hydrogen (secondary N) is 1. The SMILES string of the molecule is CC(C)(C)OC(=O)N1CC[C@H](CNCc2ccccc2C(F)(F)F)C1. The molecule has 1 saturated heterocycles. The van der Waals surface area contributed by atoms with Gasteiger partial charge in [0.05, 0.1) is 5.56 Å². The Morgan fingerprint density at radius 2 is 1.96 bits per heavy atom. The van der Waals surface area contributed by atoms with E-state index >= 15 is 0 Å². The normalized spacial score (nSPS) is 18.5. The third kappa shape index (κ3) is 5.92. The number of alkyl halides is 3. The van der Waals surface area contributed by atoms with Crippen LogP contribution < -0.4 is 5.32 Å². The van der Waals surface area contributed by atoms with Gasteiger partial charge in [0, 0.05) is 26.2 Å². The third-order valence-corrected chi connectivity index (χ3v) is 4.01. The van der Waals surface area contributed by atoms with Crippen molar-refractivity contribution in [2.24, 2.45) is 5.92 Å². The number of carbonyl (C=O) groups is 1. The van der Waals surface area contributed by atoms with Gasteiger partial charge in [0.1, 0.15) is 5.60 Å². The topological polar surface area (TPSA) is 41.6 Å². The lowest BCUT2D eigenvalue weighted by atomic mass is 10.1. The van der Waals surface area contributed by atoms with Crippen LogP contribution in [-0.4, -0.2) is 36.2 Å². The fourth-order valence-corrected chi connectivity index (χ4v) is 2.85. The number of halogens is 3. The van der Waals surface area contributed by atoms with Crippen LogP contribution in [0.1, 0.15) is 38.3 Å². The van der Waals surface area contributed by atoms with Gasteiger partial charge >= 0.3 is 12.3 Å². The summed E-state index contributed by atoms with van der Waals surface area (Å²) in [6.45, 7) is 7.33. The minimum atomic E-state index is -4.35. The average molecular weight is 358 g/mol. The first-order chi connectivity index (χ1) is 11.6. The molecular weight excluding hydrogens is 333 g/mol. The maximum Gasteiger partial charge on any atom is 0.416 e. The number of carbonyl (C=O) groups excluding carboxylic acids is 1. The molecule has 0 saturated carbocycles. The summed E-state index contributed by atoms with van der Waals surface area (Å²) in [6.07, 6.45) is -3.87. The Hall–Kier alpha value is -1.76. The zero-order valence-electron chi connectivity index (χ0n) is 14.8. The predicted octanol–water partition coefficient (Wildman–Crippen LogP) is 4.05. The van der Waals surface area contributed by atoms with Crippen molar-refractivity contribution in [1.29, 1.82) is 0 Å². The van der Waals surface area contributed by atoms with Crippen molar-refractivity contribution in [2.45, 2.75) is 45.5 Å². The first-order valence-electron chi connectivity index (χ1n) is 8.40. The summed E-state index contributed by atoms with van der Waals surface area (Å²) >= 11 is 0. The summed E-state index contributed by atoms with van der Waals surface area (Å²) in [5, 5.41) is 3.09. The van der Waals surface area contributed by atoms with Gasteiger partial charge < -0.3 is 15.0 Å². The van der Waals surface area contributed by atoms with E-state index in [0.29, 0.717) is 19.6 Å². The minimum absolute atomic E-state index is 0.151. The van der Waals surface area contributed by atoms with Crippen molar-refractivity contribution >= 4 is 6.09 Å². The summed E-state index contributed by atoms with van der Waals surface area (Å²) in [6, 6.07) is 5.57. The zero-order valence-corrected chi connectivity index (χ0v) is 14.8. The number of likely N-dealkylation sites (tertiary alicyclic amines) is 1. The van der Waals surface area contributed by atoms with E-state index in [1.165, 1.54) is 12.1 Å². The highest BCUT2D eigenvalue weighted by Crippen LogP contribution is 2.31. The number of hydrogen-bond acceptors (Lipinski definition) is 3. The molecule has 1 heterocycles. The van der Waals surface area contributed by atoms with Crippen LogP contribution in [0.3, 0.4) is 0 Å². The molecule has 0 bridgehead atoms. The van der Waals surface area contributed by atoms with Crippen LogP contribution in [0.2, 0.25) is 0 Å². The molecule has 1 atom stereocenters. The lowest BCUT2D eigenvalue weighted by Gasteiger charge is -2.24. The van der Waals surface area contributed by atoms with E-state index in [1.807, 2.05) is 20.8 Å². The van der Waals surface area contributed by atoms with E-state index in [-0.39, 0.29) is 24.1 Å². The molecule has 1 aromatic carbocycles. The summed E-state index contributed by atoms with van der Waals surface area (Å²) < 4.78 is 44.2. The van der Waals surface area contributed by atoms with Crippen molar-refractivity contribution in [1.82, 2.24) is 10.2 Å². The Morgan fingerprint density at radius 1 is 1.28 bits per heavy atom. The van der Waals surface area contributed by atoms with E-state index in [1.54, 1.807) is 11.0 Å². The molecule has 140 valence electrons. The Kier molecular flexibility index (Phi) is 5.98. The minimum Gasteiger partial charge on any atom is -0.444 e. The number of amides is 1. The van der Waals surface area contributed by atoms with E-state index in [9.17, 15) is 18.0 Å². The van der Waals surface area contributed by atoms with Crippen molar-refractivity contribution in [3.8, 4) is 0 Å². The summed E-state index contributed by atoms with van der Waals surface area (Å²) in [7, 11) is 0. The van der Waals surface area contributed by atoms with Gasteiger partial charge in [-0.2, -0.15) is 13.2 Å². The molecule has 0 radical (unpaired) electrons. The van der Waals surface area contributed by atoms with Crippen molar-refractivity contribution in [3.63, 3.8) is 0 Å². The second-order valence-corrected chi connectivity index (χ2v) is 7.37. The molecule has 1 aromatic rings. The van der Waals surface area contributed by atoms with E-state index in [0.717, 1.165) is 12.5 Å². The Labute approximate surface area is 146 Å². The third-order valence-electron chi connectivity index (χ3n) is 4.01. The lowest BCUT2D eigenvalue weighted by molar-refractivity contribution is -0.138. The molecule has 1 fully saturated rings. The van der Waals surface area contributed by atoms with Crippen molar-refractivity contribution in [3.05, 3.63) is 35.4 Å². The molecule has 4 nitrogen and oxygen atoms in total. The Bertz CT molecular complexity index is 597. The molecule has 7 heteroatoms. The maximum absolute atomic E-state index is 13.0. The summed E-state index contributed by atoms with van der Waals surface area (Å²) in [4.78, 5) is 13.7. The van der Waals surface area contributed by atoms with Crippen LogP contribution in [-0.2, 0) is 17.5 Å². The summed E-state index contributed by atoms with van der Waals surface area (Å²) in [5.41, 5.74) is -0.907. The standard InChI is InChI=1S/C18H25F3N2O2/c1-17(2,3)25-16(24)23-9-8-13(12-23)10-22-11-14-6-4-5-7-15(14)18(19,20)21/h4-7,13,22H,8-12H2,1-3H3/t13-/m1/s1. The molecule has 25 heavy (non-hydrogen) atoms. The average Bonchev–Trinajstić information content (AvgIpc) is 2.94. The quantitative estimate of drug-likeness (QED) is 0.883. The molecule has 0 aliphatic carbocycles. The molecular formula is C18H25F3N2O2. The number of ether oxygens (including phenoxy) is 1. The fourth-order valence-electron chi connectivity index (χ4n) is 2.85. The summed E-state index contributed by atoms with van der Waals surface area (Å²) in [5.74, 6) is 0.213. The van der Waals surface area contributed by atoms with Gasteiger partial charge in [-0.25, -0.2) is 4.79 Å². The predicted molar refractivity (Wildman–Crippen MR) is 89.1 cm³/mol. The number of rotatable bonds is 4. The second-order valence-electron chi connectivity index (χ2n) is 7.37. The lowest BCUT2D eigenvalue weighted by Crippen LogP contribution is -2.36. The Balaban J connectivity index is 1.82. The van der Waals surface area contributed by atoms with Crippen LogP contribution in [0.5, 0.6) is 0 Å². The molecule has 0 unspecified atom stereocenters. The molecule has 1 aliphatic heterocycles. The zero-order chi connectivity index (χ0) is 18.7. The van der Waals surface area contributed by atoms with Crippen molar-refractivity contribution < 1.29 is 22.7 Å². The van der Waals surface area contributed by atoms with Crippen molar-refractivity contribution in [2.75, 3.05) is 19.6 Å². The number of benzene rings is 1. The molecule has 0 spiro atoms. The fraction of sp³-hybridized carbons (Fsp3) is 0.611. The van der Waals surface area contributed by atoms with Gasteiger partial charge in [-0.15, -0.1) is 0 Å². The molecule has 2 rings (SSSR count). The maximum atomic E-state index is 13.0. The van der Waals surface area contributed by atoms with E-state index in [2.05, 4.69) is 5.32 Å². The van der Waals surface area contributed by atoms with E-state index < -0.39 is 17.3 Å². The van der Waals surface area contributed by atoms with Crippen LogP contribution in [0.25, 0.3) is 0 Å². The highest BCUT2D eigenvalue weighted by atomic mass is 19.4. The van der Waals surface area contributed by atoms with Gasteiger partial charge in [-0.05, 0) is 44.7 Å². The van der Waals surface area contributed by atoms with Crippen LogP contribution in [0, 0.1) is 5.92 Å². The second kappa shape index (κ2) is 7.64. The van der Waals surface area contributed by atoms with Gasteiger partial charge in [0.2, 0.25) is 0 Å². The highest BCUT2D eigenvalue weighted by molar-refractivity contribution is 5.68. The van der Waals surface area contributed by atoms with Gasteiger partial charge in [0.25, 0.3) is 0 Å². The van der Waals surface area contributed by atoms with E-state index in [4.69, 9.17) is 4.74 Å². The monoisotopic (exact) mass is 358 g/mol. The smallest absolute Gasteiger partial charge is 0.416 e. The molecule has 0 aromatic heterocycles. The largest absolute Gasteiger partial charge is 0.444 e. The van der Waals surface area contributed by atoms with Crippen LogP contribution in [0.4, 0.5) is 18.0 Å². The molecule has 1 aliphatic rings. The van der Waals surface area contributed by atoms with Gasteiger partial charge in [-0.3, -0.25) is 0 Å². The Morgan fingerprint density at radius 3 is 2.60 bits per heavy atom. The number of nitrogens with zero attached hydrogens (tertiary/aromatic N) is 1. The highest BCUT2D eigenvalue weighted by Gasteiger charge is 2.33. The molecule has 1 N–H and O–H groups in total. The number of hydrogen-bond donors (Lipinski definition) is 1. The van der Waals surface area contributed by atoms with Crippen LogP contribution in [0.15, 0.2) is 24.3 Å². The first-order valence-corrected chi connectivity index (χ1v) is 8.40. The van der Waals surface area contributed by atoms with Gasteiger partial charge in [-0.1, -0.05) is 18.2 Å². The van der Waals surface area contributed by atoms with Gasteiger partial charge in [0.15, 0.2) is 0 Å². The molecule has 1 amide bonds. The van der Waals surface area contributed by atoms with Crippen LogP contribution >= 0.6 is 0 Å². The first kappa shape index (κ1) is 19.6.